The highest BCUT2D eigenvalue weighted by Crippen LogP contribution is 2.64. The minimum absolute atomic E-state index is 0.297. The molecule has 2 nitrogen and oxygen atoms in total. The number of rotatable bonds is 2. The number of alkyl halides is 4. The average Bonchev–Trinajstić information content (AvgIpc) is 2.49. The van der Waals surface area contributed by atoms with Crippen molar-refractivity contribution >= 4 is 52.4 Å². The van der Waals surface area contributed by atoms with Crippen molar-refractivity contribution in [3.8, 4) is 0 Å². The van der Waals surface area contributed by atoms with Crippen LogP contribution in [-0.2, 0) is 4.79 Å². The molecule has 0 aliphatic heterocycles. The number of hydrogen-bond donors (Lipinski definition) is 1. The minimum Gasteiger partial charge on any atom is -0.481 e. The summed E-state index contributed by atoms with van der Waals surface area (Å²) < 4.78 is -1.62. The third-order valence-corrected chi connectivity index (χ3v) is 4.44. The molecule has 0 heterocycles. The van der Waals surface area contributed by atoms with Crippen LogP contribution in [0, 0.1) is 17.3 Å². The molecule has 3 atom stereocenters. The Hall–Kier alpha value is 0.630. The Bertz CT molecular complexity index is 259. The van der Waals surface area contributed by atoms with Gasteiger partial charge in [-0.15, -0.1) is 11.6 Å². The lowest BCUT2D eigenvalue weighted by Gasteiger charge is -2.18. The molecule has 0 aromatic rings. The number of carbonyl (C=O) groups is 1. The van der Waals surface area contributed by atoms with Gasteiger partial charge in [0, 0.05) is 0 Å². The van der Waals surface area contributed by atoms with Gasteiger partial charge >= 0.3 is 5.97 Å². The average molecular weight is 280 g/mol. The maximum Gasteiger partial charge on any atom is 0.307 e. The molecule has 82 valence electrons. The molecule has 1 rings (SSSR count). The number of carboxylic acids is 1. The van der Waals surface area contributed by atoms with Gasteiger partial charge in [0.05, 0.1) is 11.3 Å². The summed E-state index contributed by atoms with van der Waals surface area (Å²) in [6.07, 6.45) is 0. The molecule has 1 aliphatic rings. The minimum atomic E-state index is -1.62. The monoisotopic (exact) mass is 278 g/mol. The molecule has 1 saturated carbocycles. The maximum atomic E-state index is 10.8. The van der Waals surface area contributed by atoms with Crippen LogP contribution in [0.5, 0.6) is 0 Å². The van der Waals surface area contributed by atoms with Gasteiger partial charge in [-0.3, -0.25) is 4.79 Å². The molecule has 1 fully saturated rings. The summed E-state index contributed by atoms with van der Waals surface area (Å²) >= 11 is 22.8. The molecule has 0 aromatic heterocycles. The molecular formula is C8H10Cl4O2. The SMILES string of the molecule is CC1(C)C(C(=O)O)C1C(Cl)C(Cl)(Cl)Cl. The van der Waals surface area contributed by atoms with Crippen LogP contribution in [0.15, 0.2) is 0 Å². The van der Waals surface area contributed by atoms with E-state index in [1.54, 1.807) is 0 Å². The van der Waals surface area contributed by atoms with Gasteiger partial charge in [0.25, 0.3) is 0 Å². The van der Waals surface area contributed by atoms with Crippen LogP contribution >= 0.6 is 46.4 Å². The first-order chi connectivity index (χ1) is 6.10. The summed E-state index contributed by atoms with van der Waals surface area (Å²) in [6.45, 7) is 3.62. The smallest absolute Gasteiger partial charge is 0.307 e. The Morgan fingerprint density at radius 3 is 2.07 bits per heavy atom. The Morgan fingerprint density at radius 1 is 1.43 bits per heavy atom. The molecule has 1 aliphatic carbocycles. The van der Waals surface area contributed by atoms with Crippen molar-refractivity contribution in [2.45, 2.75) is 23.0 Å². The Kier molecular flexibility index (Phi) is 3.25. The maximum absolute atomic E-state index is 10.8. The summed E-state index contributed by atoms with van der Waals surface area (Å²) in [4.78, 5) is 10.8. The van der Waals surface area contributed by atoms with Crippen LogP contribution in [0.1, 0.15) is 13.8 Å². The number of hydrogen-bond acceptors (Lipinski definition) is 1. The fourth-order valence-corrected chi connectivity index (χ4v) is 2.78. The molecule has 0 saturated heterocycles. The van der Waals surface area contributed by atoms with Crippen molar-refractivity contribution in [1.82, 2.24) is 0 Å². The van der Waals surface area contributed by atoms with Crippen molar-refractivity contribution in [1.29, 1.82) is 0 Å². The van der Waals surface area contributed by atoms with E-state index < -0.39 is 26.5 Å². The van der Waals surface area contributed by atoms with E-state index in [2.05, 4.69) is 0 Å². The van der Waals surface area contributed by atoms with Crippen molar-refractivity contribution in [3.63, 3.8) is 0 Å². The first kappa shape index (κ1) is 12.7. The van der Waals surface area contributed by atoms with Gasteiger partial charge < -0.3 is 5.11 Å². The highest BCUT2D eigenvalue weighted by Gasteiger charge is 2.67. The number of aliphatic carboxylic acids is 1. The van der Waals surface area contributed by atoms with E-state index in [1.807, 2.05) is 13.8 Å². The van der Waals surface area contributed by atoms with E-state index in [4.69, 9.17) is 51.5 Å². The lowest BCUT2D eigenvalue weighted by molar-refractivity contribution is -0.139. The second-order valence-electron chi connectivity index (χ2n) is 4.11. The normalized spacial score (nSPS) is 32.4. The zero-order chi connectivity index (χ0) is 11.3. The van der Waals surface area contributed by atoms with E-state index in [-0.39, 0.29) is 5.92 Å². The molecule has 6 heteroatoms. The van der Waals surface area contributed by atoms with Gasteiger partial charge in [0.15, 0.2) is 0 Å². The van der Waals surface area contributed by atoms with Gasteiger partial charge in [0.2, 0.25) is 3.79 Å². The van der Waals surface area contributed by atoms with E-state index in [0.717, 1.165) is 0 Å². The number of halogens is 4. The topological polar surface area (TPSA) is 37.3 Å². The van der Waals surface area contributed by atoms with Crippen LogP contribution in [0.3, 0.4) is 0 Å². The summed E-state index contributed by atoms with van der Waals surface area (Å²) in [5, 5.41) is 8.11. The van der Waals surface area contributed by atoms with E-state index in [1.165, 1.54) is 0 Å². The fraction of sp³-hybridized carbons (Fsp3) is 0.875. The van der Waals surface area contributed by atoms with Gasteiger partial charge in [-0.2, -0.15) is 0 Å². The molecule has 0 aromatic carbocycles. The van der Waals surface area contributed by atoms with Gasteiger partial charge in [-0.25, -0.2) is 0 Å². The molecule has 0 spiro atoms. The second kappa shape index (κ2) is 3.58. The first-order valence-corrected chi connectivity index (χ1v) is 5.60. The Labute approximate surface area is 102 Å². The molecule has 0 amide bonds. The third kappa shape index (κ3) is 2.08. The largest absolute Gasteiger partial charge is 0.481 e. The second-order valence-corrected chi connectivity index (χ2v) is 6.95. The zero-order valence-electron chi connectivity index (χ0n) is 7.60. The summed E-state index contributed by atoms with van der Waals surface area (Å²) in [5.74, 6) is -1.71. The van der Waals surface area contributed by atoms with E-state index >= 15 is 0 Å². The zero-order valence-corrected chi connectivity index (χ0v) is 10.6. The van der Waals surface area contributed by atoms with Crippen LogP contribution in [0.2, 0.25) is 0 Å². The van der Waals surface area contributed by atoms with Crippen LogP contribution in [0.25, 0.3) is 0 Å². The Balaban J connectivity index is 2.79. The molecule has 0 radical (unpaired) electrons. The number of carboxylic acid groups (broad SMARTS) is 1. The van der Waals surface area contributed by atoms with Crippen molar-refractivity contribution in [2.24, 2.45) is 17.3 Å². The lowest BCUT2D eigenvalue weighted by atomic mass is 10.1. The molecule has 14 heavy (non-hydrogen) atoms. The highest BCUT2D eigenvalue weighted by molar-refractivity contribution is 6.70. The predicted molar refractivity (Wildman–Crippen MR) is 58.3 cm³/mol. The first-order valence-electron chi connectivity index (χ1n) is 4.03. The predicted octanol–water partition coefficient (Wildman–Crippen LogP) is 3.32. The summed E-state index contributed by atoms with van der Waals surface area (Å²) in [5.41, 5.74) is -0.401. The van der Waals surface area contributed by atoms with E-state index in [9.17, 15) is 4.79 Å². The molecular weight excluding hydrogens is 270 g/mol. The highest BCUT2D eigenvalue weighted by atomic mass is 35.6. The van der Waals surface area contributed by atoms with Crippen molar-refractivity contribution < 1.29 is 9.90 Å². The van der Waals surface area contributed by atoms with Gasteiger partial charge in [-0.05, 0) is 11.3 Å². The van der Waals surface area contributed by atoms with Gasteiger partial charge in [0.1, 0.15) is 0 Å². The van der Waals surface area contributed by atoms with Crippen molar-refractivity contribution in [3.05, 3.63) is 0 Å². The molecule has 1 N–H and O–H groups in total. The molecule has 3 unspecified atom stereocenters. The van der Waals surface area contributed by atoms with Crippen LogP contribution < -0.4 is 0 Å². The van der Waals surface area contributed by atoms with E-state index in [0.29, 0.717) is 0 Å². The van der Waals surface area contributed by atoms with Crippen LogP contribution in [-0.4, -0.2) is 20.2 Å². The molecule has 0 bridgehead atoms. The third-order valence-electron chi connectivity index (χ3n) is 2.80. The standard InChI is InChI=1S/C8H10Cl4O2/c1-7(2)3(4(7)6(13)14)5(9)8(10,11)12/h3-5H,1-2H3,(H,13,14). The van der Waals surface area contributed by atoms with Crippen molar-refractivity contribution in [2.75, 3.05) is 0 Å². The lowest BCUT2D eigenvalue weighted by Crippen LogP contribution is -2.24. The fourth-order valence-electron chi connectivity index (χ4n) is 1.90. The quantitative estimate of drug-likeness (QED) is 0.788. The van der Waals surface area contributed by atoms with Crippen LogP contribution in [0.4, 0.5) is 0 Å². The summed E-state index contributed by atoms with van der Waals surface area (Å²) in [6, 6.07) is 0. The summed E-state index contributed by atoms with van der Waals surface area (Å²) in [7, 11) is 0. The van der Waals surface area contributed by atoms with Gasteiger partial charge in [-0.1, -0.05) is 48.7 Å². The Morgan fingerprint density at radius 2 is 1.86 bits per heavy atom.